The third kappa shape index (κ3) is 3.03. The van der Waals surface area contributed by atoms with Crippen molar-refractivity contribution in [3.05, 3.63) is 18.2 Å². The van der Waals surface area contributed by atoms with Crippen LogP contribution in [-0.4, -0.2) is 51.4 Å². The van der Waals surface area contributed by atoms with E-state index in [2.05, 4.69) is 26.4 Å². The number of nitrogens with zero attached hydrogens (tertiary/aromatic N) is 4. The van der Waals surface area contributed by atoms with Crippen molar-refractivity contribution in [2.45, 2.75) is 45.1 Å². The lowest BCUT2D eigenvalue weighted by Crippen LogP contribution is -2.42. The largest absolute Gasteiger partial charge is 0.342 e. The Hall–Kier alpha value is -1.36. The predicted molar refractivity (Wildman–Crippen MR) is 88.7 cm³/mol. The van der Waals surface area contributed by atoms with Gasteiger partial charge in [-0.3, -0.25) is 9.69 Å². The molecule has 0 atom stereocenters. The highest BCUT2D eigenvalue weighted by molar-refractivity contribution is 5.79. The number of hydrogen-bond donors (Lipinski definition) is 0. The number of aryl methyl sites for hydroxylation is 1. The summed E-state index contributed by atoms with van der Waals surface area (Å²) in [5.74, 6) is 1.20. The number of hydrogen-bond acceptors (Lipinski definition) is 3. The molecular weight excluding hydrogens is 288 g/mol. The molecule has 4 rings (SSSR count). The van der Waals surface area contributed by atoms with Crippen molar-refractivity contribution >= 4 is 5.91 Å². The first kappa shape index (κ1) is 15.2. The lowest BCUT2D eigenvalue weighted by Gasteiger charge is -2.39. The van der Waals surface area contributed by atoms with E-state index in [0.29, 0.717) is 5.91 Å². The molecule has 3 heterocycles. The van der Waals surface area contributed by atoms with Gasteiger partial charge in [0.2, 0.25) is 5.91 Å². The van der Waals surface area contributed by atoms with Gasteiger partial charge in [0.25, 0.3) is 0 Å². The second kappa shape index (κ2) is 5.93. The first-order chi connectivity index (χ1) is 11.1. The van der Waals surface area contributed by atoms with Gasteiger partial charge >= 0.3 is 0 Å². The van der Waals surface area contributed by atoms with Crippen LogP contribution in [0.4, 0.5) is 0 Å². The zero-order valence-corrected chi connectivity index (χ0v) is 14.2. The zero-order chi connectivity index (χ0) is 15.9. The van der Waals surface area contributed by atoms with E-state index in [1.165, 1.54) is 25.0 Å². The van der Waals surface area contributed by atoms with Crippen LogP contribution in [-0.2, 0) is 18.4 Å². The second-order valence-electron chi connectivity index (χ2n) is 8.02. The standard InChI is InChI=1S/C18H28N4O/c1-20-14-19-10-16(20)12-21-7-5-18(6-8-21)9-17(23)22(13-18)11-15-3-2-4-15/h10,14-15H,2-9,11-13H2,1H3. The summed E-state index contributed by atoms with van der Waals surface area (Å²) < 4.78 is 2.10. The fourth-order valence-electron chi connectivity index (χ4n) is 4.42. The van der Waals surface area contributed by atoms with Gasteiger partial charge in [0.1, 0.15) is 0 Å². The molecule has 5 nitrogen and oxygen atoms in total. The first-order valence-corrected chi connectivity index (χ1v) is 9.09. The Balaban J connectivity index is 1.32. The van der Waals surface area contributed by atoms with Crippen molar-refractivity contribution in [3.63, 3.8) is 0 Å². The van der Waals surface area contributed by atoms with Gasteiger partial charge in [-0.05, 0) is 50.1 Å². The average molecular weight is 316 g/mol. The molecule has 2 saturated heterocycles. The molecule has 3 fully saturated rings. The Labute approximate surface area is 138 Å². The summed E-state index contributed by atoms with van der Waals surface area (Å²) >= 11 is 0. The van der Waals surface area contributed by atoms with Crippen LogP contribution < -0.4 is 0 Å². The van der Waals surface area contributed by atoms with Crippen molar-refractivity contribution in [2.75, 3.05) is 26.2 Å². The van der Waals surface area contributed by atoms with E-state index in [4.69, 9.17) is 0 Å². The fraction of sp³-hybridized carbons (Fsp3) is 0.778. The third-order valence-corrected chi connectivity index (χ3v) is 6.33. The van der Waals surface area contributed by atoms with E-state index < -0.39 is 0 Å². The maximum absolute atomic E-state index is 12.4. The van der Waals surface area contributed by atoms with Crippen molar-refractivity contribution in [2.24, 2.45) is 18.4 Å². The molecule has 1 spiro atoms. The van der Waals surface area contributed by atoms with Crippen molar-refractivity contribution < 1.29 is 4.79 Å². The molecule has 0 radical (unpaired) electrons. The second-order valence-corrected chi connectivity index (χ2v) is 8.02. The maximum atomic E-state index is 12.4. The highest BCUT2D eigenvalue weighted by atomic mass is 16.2. The molecule has 0 aromatic carbocycles. The van der Waals surface area contributed by atoms with E-state index in [0.717, 1.165) is 57.9 Å². The highest BCUT2D eigenvalue weighted by Gasteiger charge is 2.45. The normalized spacial score (nSPS) is 25.3. The smallest absolute Gasteiger partial charge is 0.223 e. The molecule has 1 aromatic heterocycles. The van der Waals surface area contributed by atoms with Gasteiger partial charge in [-0.25, -0.2) is 4.98 Å². The molecule has 2 aliphatic heterocycles. The predicted octanol–water partition coefficient (Wildman–Crippen LogP) is 2.03. The van der Waals surface area contributed by atoms with Gasteiger partial charge in [0.15, 0.2) is 0 Å². The number of imidazole rings is 1. The molecule has 5 heteroatoms. The summed E-state index contributed by atoms with van der Waals surface area (Å²) in [5.41, 5.74) is 1.54. The Kier molecular flexibility index (Phi) is 3.92. The molecule has 1 saturated carbocycles. The summed E-state index contributed by atoms with van der Waals surface area (Å²) in [6, 6.07) is 0. The van der Waals surface area contributed by atoms with E-state index in [-0.39, 0.29) is 5.41 Å². The van der Waals surface area contributed by atoms with Crippen LogP contribution in [0, 0.1) is 11.3 Å². The molecule has 1 aromatic rings. The molecule has 1 amide bonds. The Morgan fingerprint density at radius 3 is 2.70 bits per heavy atom. The number of amides is 1. The minimum absolute atomic E-state index is 0.268. The number of aromatic nitrogens is 2. The molecular formula is C18H28N4O. The van der Waals surface area contributed by atoms with Crippen LogP contribution in [0.25, 0.3) is 0 Å². The lowest BCUT2D eigenvalue weighted by molar-refractivity contribution is -0.128. The van der Waals surface area contributed by atoms with Crippen molar-refractivity contribution in [1.82, 2.24) is 19.4 Å². The van der Waals surface area contributed by atoms with E-state index in [1.807, 2.05) is 12.5 Å². The van der Waals surface area contributed by atoms with Crippen LogP contribution in [0.2, 0.25) is 0 Å². The van der Waals surface area contributed by atoms with Crippen LogP contribution in [0.3, 0.4) is 0 Å². The molecule has 23 heavy (non-hydrogen) atoms. The maximum Gasteiger partial charge on any atom is 0.223 e. The Morgan fingerprint density at radius 1 is 1.30 bits per heavy atom. The Bertz CT molecular complexity index is 569. The molecule has 0 bridgehead atoms. The first-order valence-electron chi connectivity index (χ1n) is 9.09. The van der Waals surface area contributed by atoms with E-state index in [9.17, 15) is 4.79 Å². The van der Waals surface area contributed by atoms with Gasteiger partial charge in [-0.15, -0.1) is 0 Å². The van der Waals surface area contributed by atoms with Gasteiger partial charge in [0.05, 0.1) is 12.0 Å². The number of carbonyl (C=O) groups excluding carboxylic acids is 1. The van der Waals surface area contributed by atoms with Crippen LogP contribution >= 0.6 is 0 Å². The van der Waals surface area contributed by atoms with Gasteiger partial charge in [-0.1, -0.05) is 6.42 Å². The number of likely N-dealkylation sites (tertiary alicyclic amines) is 2. The minimum atomic E-state index is 0.268. The van der Waals surface area contributed by atoms with Crippen LogP contribution in [0.15, 0.2) is 12.5 Å². The molecule has 126 valence electrons. The Morgan fingerprint density at radius 2 is 2.09 bits per heavy atom. The monoisotopic (exact) mass is 316 g/mol. The highest BCUT2D eigenvalue weighted by Crippen LogP contribution is 2.42. The lowest BCUT2D eigenvalue weighted by atomic mass is 9.77. The number of rotatable bonds is 4. The quantitative estimate of drug-likeness (QED) is 0.853. The van der Waals surface area contributed by atoms with Gasteiger partial charge < -0.3 is 9.47 Å². The summed E-state index contributed by atoms with van der Waals surface area (Å²) in [6.07, 6.45) is 11.0. The zero-order valence-electron chi connectivity index (χ0n) is 14.2. The summed E-state index contributed by atoms with van der Waals surface area (Å²) in [4.78, 5) is 21.3. The summed E-state index contributed by atoms with van der Waals surface area (Å²) in [5, 5.41) is 0. The fourth-order valence-corrected chi connectivity index (χ4v) is 4.42. The summed E-state index contributed by atoms with van der Waals surface area (Å²) in [7, 11) is 2.06. The number of piperidine rings is 1. The number of carbonyl (C=O) groups is 1. The minimum Gasteiger partial charge on any atom is -0.342 e. The third-order valence-electron chi connectivity index (χ3n) is 6.33. The van der Waals surface area contributed by atoms with Crippen LogP contribution in [0.1, 0.15) is 44.2 Å². The molecule has 1 aliphatic carbocycles. The average Bonchev–Trinajstić information content (AvgIpc) is 3.02. The van der Waals surface area contributed by atoms with E-state index >= 15 is 0 Å². The topological polar surface area (TPSA) is 41.4 Å². The SMILES string of the molecule is Cn1cncc1CN1CCC2(CC1)CC(=O)N(CC1CCC1)C2. The molecule has 0 unspecified atom stereocenters. The molecule has 3 aliphatic rings. The van der Waals surface area contributed by atoms with E-state index in [1.54, 1.807) is 0 Å². The van der Waals surface area contributed by atoms with Crippen LogP contribution in [0.5, 0.6) is 0 Å². The van der Waals surface area contributed by atoms with Crippen molar-refractivity contribution in [3.8, 4) is 0 Å². The molecule has 0 N–H and O–H groups in total. The van der Waals surface area contributed by atoms with Crippen molar-refractivity contribution in [1.29, 1.82) is 0 Å². The summed E-state index contributed by atoms with van der Waals surface area (Å²) in [6.45, 7) is 5.24. The van der Waals surface area contributed by atoms with Gasteiger partial charge in [0, 0.05) is 39.3 Å². The van der Waals surface area contributed by atoms with Gasteiger partial charge in [-0.2, -0.15) is 0 Å².